The van der Waals surface area contributed by atoms with Crippen LogP contribution in [0, 0.1) is 0 Å². The van der Waals surface area contributed by atoms with E-state index in [1.54, 1.807) is 6.07 Å². The van der Waals surface area contributed by atoms with Crippen molar-refractivity contribution in [1.82, 2.24) is 0 Å². The summed E-state index contributed by atoms with van der Waals surface area (Å²) in [5, 5.41) is 12.5. The number of anilines is 1. The summed E-state index contributed by atoms with van der Waals surface area (Å²) in [6.45, 7) is 0. The number of sulfone groups is 1. The van der Waals surface area contributed by atoms with Crippen LogP contribution in [-0.4, -0.2) is 37.2 Å². The van der Waals surface area contributed by atoms with E-state index in [0.717, 1.165) is 0 Å². The first-order valence-electron chi connectivity index (χ1n) is 5.41. The third kappa shape index (κ3) is 3.42. The first-order chi connectivity index (χ1) is 8.78. The molecule has 1 aromatic rings. The lowest BCUT2D eigenvalue weighted by Crippen LogP contribution is -2.10. The molecule has 0 bridgehead atoms. The number of thioether (sulfide) groups is 1. The second-order valence-electron chi connectivity index (χ2n) is 4.24. The number of rotatable bonds is 4. The molecular weight excluding hydrogens is 310 g/mol. The SMILES string of the molecule is CS(=O)(=O)CCSc1cc2c(cc1Cl)C(O)C(=O)N2. The van der Waals surface area contributed by atoms with Crippen molar-refractivity contribution in [2.75, 3.05) is 23.1 Å². The average Bonchev–Trinajstić information content (AvgIpc) is 2.54. The van der Waals surface area contributed by atoms with Gasteiger partial charge in [-0.2, -0.15) is 0 Å². The fourth-order valence-electron chi connectivity index (χ4n) is 1.66. The van der Waals surface area contributed by atoms with E-state index < -0.39 is 21.8 Å². The second-order valence-corrected chi connectivity index (χ2v) is 8.04. The van der Waals surface area contributed by atoms with Crippen molar-refractivity contribution in [1.29, 1.82) is 0 Å². The number of hydrogen-bond donors (Lipinski definition) is 2. The molecule has 0 saturated heterocycles. The predicted molar refractivity (Wildman–Crippen MR) is 75.5 cm³/mol. The molecule has 0 fully saturated rings. The minimum absolute atomic E-state index is 0.0556. The number of aliphatic hydroxyl groups excluding tert-OH is 1. The zero-order valence-electron chi connectivity index (χ0n) is 10.0. The lowest BCUT2D eigenvalue weighted by atomic mass is 10.1. The smallest absolute Gasteiger partial charge is 0.257 e. The fourth-order valence-corrected chi connectivity index (χ4v) is 4.16. The van der Waals surface area contributed by atoms with Gasteiger partial charge in [0, 0.05) is 28.2 Å². The minimum Gasteiger partial charge on any atom is -0.378 e. The molecule has 1 heterocycles. The van der Waals surface area contributed by atoms with Gasteiger partial charge in [0.25, 0.3) is 5.91 Å². The Morgan fingerprint density at radius 3 is 2.79 bits per heavy atom. The van der Waals surface area contributed by atoms with Gasteiger partial charge in [0.05, 0.1) is 10.8 Å². The third-order valence-electron chi connectivity index (χ3n) is 2.62. The van der Waals surface area contributed by atoms with Crippen molar-refractivity contribution in [3.8, 4) is 0 Å². The van der Waals surface area contributed by atoms with Crippen LogP contribution in [0.25, 0.3) is 0 Å². The molecular formula is C11H12ClNO4S2. The van der Waals surface area contributed by atoms with E-state index >= 15 is 0 Å². The topological polar surface area (TPSA) is 83.5 Å². The van der Waals surface area contributed by atoms with Crippen LogP contribution >= 0.6 is 23.4 Å². The highest BCUT2D eigenvalue weighted by atomic mass is 35.5. The number of amides is 1. The van der Waals surface area contributed by atoms with Crippen LogP contribution in [0.1, 0.15) is 11.7 Å². The molecule has 1 amide bonds. The van der Waals surface area contributed by atoms with Crippen molar-refractivity contribution in [2.24, 2.45) is 0 Å². The number of aliphatic hydroxyl groups is 1. The molecule has 1 aliphatic rings. The maximum Gasteiger partial charge on any atom is 0.257 e. The number of carbonyl (C=O) groups is 1. The van der Waals surface area contributed by atoms with Crippen LogP contribution in [0.4, 0.5) is 5.69 Å². The van der Waals surface area contributed by atoms with E-state index in [1.807, 2.05) is 0 Å². The van der Waals surface area contributed by atoms with E-state index in [0.29, 0.717) is 26.9 Å². The third-order valence-corrected chi connectivity index (χ3v) is 5.30. The Kier molecular flexibility index (Phi) is 4.10. The highest BCUT2D eigenvalue weighted by Crippen LogP contribution is 2.38. The van der Waals surface area contributed by atoms with Crippen molar-refractivity contribution < 1.29 is 18.3 Å². The van der Waals surface area contributed by atoms with Gasteiger partial charge in [-0.25, -0.2) is 8.42 Å². The van der Waals surface area contributed by atoms with Crippen LogP contribution in [0.2, 0.25) is 5.02 Å². The zero-order valence-corrected chi connectivity index (χ0v) is 12.4. The molecule has 2 rings (SSSR count). The molecule has 0 spiro atoms. The zero-order chi connectivity index (χ0) is 14.2. The van der Waals surface area contributed by atoms with Gasteiger partial charge in [-0.05, 0) is 12.1 Å². The van der Waals surface area contributed by atoms with Crippen molar-refractivity contribution in [2.45, 2.75) is 11.0 Å². The van der Waals surface area contributed by atoms with Gasteiger partial charge in [0.15, 0.2) is 6.10 Å². The molecule has 5 nitrogen and oxygen atoms in total. The highest BCUT2D eigenvalue weighted by Gasteiger charge is 2.29. The van der Waals surface area contributed by atoms with Crippen LogP contribution in [-0.2, 0) is 14.6 Å². The van der Waals surface area contributed by atoms with Crippen LogP contribution in [0.15, 0.2) is 17.0 Å². The van der Waals surface area contributed by atoms with E-state index in [2.05, 4.69) is 5.32 Å². The number of nitrogens with one attached hydrogen (secondary N) is 1. The number of fused-ring (bicyclic) bond motifs is 1. The first kappa shape index (κ1) is 14.6. The molecule has 1 aromatic carbocycles. The molecule has 1 unspecified atom stereocenters. The maximum atomic E-state index is 11.3. The summed E-state index contributed by atoms with van der Waals surface area (Å²) < 4.78 is 22.1. The molecule has 104 valence electrons. The molecule has 0 radical (unpaired) electrons. The van der Waals surface area contributed by atoms with E-state index in [-0.39, 0.29) is 5.75 Å². The summed E-state index contributed by atoms with van der Waals surface area (Å²) in [5.41, 5.74) is 0.964. The van der Waals surface area contributed by atoms with Crippen LogP contribution in [0.3, 0.4) is 0 Å². The lowest BCUT2D eigenvalue weighted by Gasteiger charge is -2.07. The monoisotopic (exact) mass is 321 g/mol. The van der Waals surface area contributed by atoms with E-state index in [9.17, 15) is 18.3 Å². The van der Waals surface area contributed by atoms with Crippen LogP contribution < -0.4 is 5.32 Å². The molecule has 2 N–H and O–H groups in total. The largest absolute Gasteiger partial charge is 0.378 e. The Morgan fingerprint density at radius 1 is 1.47 bits per heavy atom. The van der Waals surface area contributed by atoms with Gasteiger partial charge in [-0.1, -0.05) is 11.6 Å². The fraction of sp³-hybridized carbons (Fsp3) is 0.364. The van der Waals surface area contributed by atoms with Gasteiger partial charge in [-0.15, -0.1) is 11.8 Å². The normalized spacial score (nSPS) is 18.3. The molecule has 8 heteroatoms. The number of benzene rings is 1. The first-order valence-corrected chi connectivity index (χ1v) is 8.83. The Labute approximate surface area is 120 Å². The Bertz CT molecular complexity index is 630. The maximum absolute atomic E-state index is 11.3. The van der Waals surface area contributed by atoms with E-state index in [4.69, 9.17) is 11.6 Å². The summed E-state index contributed by atoms with van der Waals surface area (Å²) >= 11 is 7.35. The Morgan fingerprint density at radius 2 is 2.16 bits per heavy atom. The second kappa shape index (κ2) is 5.32. The summed E-state index contributed by atoms with van der Waals surface area (Å²) in [6, 6.07) is 3.18. The summed E-state index contributed by atoms with van der Waals surface area (Å²) in [6.07, 6.45) is -0.0170. The molecule has 1 aliphatic heterocycles. The molecule has 19 heavy (non-hydrogen) atoms. The van der Waals surface area contributed by atoms with Crippen molar-refractivity contribution in [3.63, 3.8) is 0 Å². The number of halogens is 1. The predicted octanol–water partition coefficient (Wildman–Crippen LogP) is 1.46. The molecule has 0 aliphatic carbocycles. The molecule has 0 aromatic heterocycles. The summed E-state index contributed by atoms with van der Waals surface area (Å²) in [7, 11) is -3.01. The summed E-state index contributed by atoms with van der Waals surface area (Å²) in [5.74, 6) is -0.0437. The minimum atomic E-state index is -3.01. The van der Waals surface area contributed by atoms with Gasteiger partial charge in [-0.3, -0.25) is 4.79 Å². The Balaban J connectivity index is 2.16. The van der Waals surface area contributed by atoms with Gasteiger partial charge < -0.3 is 10.4 Å². The lowest BCUT2D eigenvalue weighted by molar-refractivity contribution is -0.123. The standard InChI is InChI=1S/C11H12ClNO4S2/c1-19(16,17)3-2-18-9-5-8-6(4-7(9)12)10(14)11(15)13-8/h4-5,10,14H,2-3H2,1H3,(H,13,15). The summed E-state index contributed by atoms with van der Waals surface area (Å²) in [4.78, 5) is 12.0. The van der Waals surface area contributed by atoms with Gasteiger partial charge >= 0.3 is 0 Å². The molecule has 0 saturated carbocycles. The average molecular weight is 322 g/mol. The van der Waals surface area contributed by atoms with Crippen molar-refractivity contribution >= 4 is 44.8 Å². The molecule has 1 atom stereocenters. The number of hydrogen-bond acceptors (Lipinski definition) is 5. The quantitative estimate of drug-likeness (QED) is 0.820. The highest BCUT2D eigenvalue weighted by molar-refractivity contribution is 8.00. The van der Waals surface area contributed by atoms with Crippen LogP contribution in [0.5, 0.6) is 0 Å². The number of carbonyl (C=O) groups excluding carboxylic acids is 1. The van der Waals surface area contributed by atoms with Gasteiger partial charge in [0.1, 0.15) is 9.84 Å². The van der Waals surface area contributed by atoms with Crippen molar-refractivity contribution in [3.05, 3.63) is 22.7 Å². The van der Waals surface area contributed by atoms with Gasteiger partial charge in [0.2, 0.25) is 0 Å². The Hall–Kier alpha value is -0.760. The van der Waals surface area contributed by atoms with E-state index in [1.165, 1.54) is 24.1 Å².